The maximum Gasteiger partial charge on any atom is 0.307 e. The zero-order chi connectivity index (χ0) is 9.14. The van der Waals surface area contributed by atoms with Crippen molar-refractivity contribution in [1.29, 1.82) is 0 Å². The second kappa shape index (κ2) is 7.68. The topological polar surface area (TPSA) is 74.6 Å². The second-order valence-corrected chi connectivity index (χ2v) is 3.17. The standard InChI is InChI=1S/C8H12O4.2Ag/c9-7(10)5-3-1-2-4-6(5)8(11)12;;/h5-6H,1-4H2,(H,9,10)(H,11,12);;. The van der Waals surface area contributed by atoms with Crippen molar-refractivity contribution in [2.45, 2.75) is 25.7 Å². The monoisotopic (exact) mass is 386 g/mol. The Morgan fingerprint density at radius 2 is 1.14 bits per heavy atom. The Hall–Kier alpha value is 0.421. The SMILES string of the molecule is O=C(O)C1CCCCC1C(=O)O.[Ag].[Ag]. The molecule has 2 N–H and O–H groups in total. The number of hydrogen-bond donors (Lipinski definition) is 2. The van der Waals surface area contributed by atoms with E-state index in [1.807, 2.05) is 0 Å². The van der Waals surface area contributed by atoms with Crippen molar-refractivity contribution in [1.82, 2.24) is 0 Å². The molecule has 0 heterocycles. The van der Waals surface area contributed by atoms with Gasteiger partial charge < -0.3 is 10.2 Å². The summed E-state index contributed by atoms with van der Waals surface area (Å²) in [6.45, 7) is 0. The van der Waals surface area contributed by atoms with Crippen LogP contribution in [-0.4, -0.2) is 22.2 Å². The smallest absolute Gasteiger partial charge is 0.307 e. The largest absolute Gasteiger partial charge is 0.481 e. The average molecular weight is 388 g/mol. The van der Waals surface area contributed by atoms with Crippen molar-refractivity contribution in [2.24, 2.45) is 11.8 Å². The molecule has 0 aromatic heterocycles. The van der Waals surface area contributed by atoms with E-state index in [1.54, 1.807) is 0 Å². The third kappa shape index (κ3) is 4.30. The Morgan fingerprint density at radius 1 is 0.857 bits per heavy atom. The molecule has 0 amide bonds. The molecule has 0 saturated heterocycles. The van der Waals surface area contributed by atoms with Gasteiger partial charge >= 0.3 is 11.9 Å². The molecule has 2 radical (unpaired) electrons. The summed E-state index contributed by atoms with van der Waals surface area (Å²) < 4.78 is 0. The molecular weight excluding hydrogens is 376 g/mol. The summed E-state index contributed by atoms with van der Waals surface area (Å²) in [6.07, 6.45) is 2.68. The van der Waals surface area contributed by atoms with Gasteiger partial charge in [-0.2, -0.15) is 0 Å². The van der Waals surface area contributed by atoms with Crippen molar-refractivity contribution in [2.75, 3.05) is 0 Å². The van der Waals surface area contributed by atoms with E-state index in [1.165, 1.54) is 0 Å². The van der Waals surface area contributed by atoms with Crippen LogP contribution in [0.2, 0.25) is 0 Å². The van der Waals surface area contributed by atoms with Crippen molar-refractivity contribution in [3.05, 3.63) is 0 Å². The van der Waals surface area contributed by atoms with Crippen molar-refractivity contribution in [3.8, 4) is 0 Å². The molecule has 2 atom stereocenters. The molecule has 4 nitrogen and oxygen atoms in total. The van der Waals surface area contributed by atoms with Crippen LogP contribution in [-0.2, 0) is 54.3 Å². The third-order valence-electron chi connectivity index (χ3n) is 2.40. The minimum absolute atomic E-state index is 0. The van der Waals surface area contributed by atoms with Gasteiger partial charge in [-0.25, -0.2) is 0 Å². The molecule has 14 heavy (non-hydrogen) atoms. The summed E-state index contributed by atoms with van der Waals surface area (Å²) >= 11 is 0. The number of carbonyl (C=O) groups is 2. The Labute approximate surface area is 113 Å². The first kappa shape index (κ1) is 16.8. The van der Waals surface area contributed by atoms with Crippen molar-refractivity contribution >= 4 is 11.9 Å². The van der Waals surface area contributed by atoms with Crippen LogP contribution in [0.15, 0.2) is 0 Å². The van der Waals surface area contributed by atoms with Gasteiger partial charge in [-0.1, -0.05) is 12.8 Å². The van der Waals surface area contributed by atoms with Gasteiger partial charge in [0.2, 0.25) is 0 Å². The zero-order valence-corrected chi connectivity index (χ0v) is 10.3. The third-order valence-corrected chi connectivity index (χ3v) is 2.40. The van der Waals surface area contributed by atoms with E-state index < -0.39 is 23.8 Å². The number of aliphatic carboxylic acids is 2. The van der Waals surface area contributed by atoms with Crippen molar-refractivity contribution in [3.63, 3.8) is 0 Å². The van der Waals surface area contributed by atoms with Gasteiger partial charge in [0.25, 0.3) is 0 Å². The van der Waals surface area contributed by atoms with Crippen LogP contribution in [0.1, 0.15) is 25.7 Å². The molecule has 1 saturated carbocycles. The van der Waals surface area contributed by atoms with Crippen LogP contribution in [0.5, 0.6) is 0 Å². The van der Waals surface area contributed by atoms with Crippen molar-refractivity contribution < 1.29 is 64.6 Å². The number of rotatable bonds is 2. The quantitative estimate of drug-likeness (QED) is 0.692. The van der Waals surface area contributed by atoms with E-state index >= 15 is 0 Å². The predicted octanol–water partition coefficient (Wildman–Crippen LogP) is 0.957. The molecule has 0 spiro atoms. The van der Waals surface area contributed by atoms with E-state index in [0.717, 1.165) is 12.8 Å². The van der Waals surface area contributed by atoms with Gasteiger partial charge in [0.1, 0.15) is 0 Å². The maximum absolute atomic E-state index is 10.6. The number of hydrogen-bond acceptors (Lipinski definition) is 2. The maximum atomic E-state index is 10.6. The fourth-order valence-electron chi connectivity index (χ4n) is 1.72. The Morgan fingerprint density at radius 3 is 1.36 bits per heavy atom. The van der Waals surface area contributed by atoms with E-state index in [2.05, 4.69) is 0 Å². The molecule has 1 aliphatic rings. The Kier molecular flexibility index (Phi) is 9.23. The first-order valence-corrected chi connectivity index (χ1v) is 4.08. The summed E-state index contributed by atoms with van der Waals surface area (Å²) in [4.78, 5) is 21.2. The summed E-state index contributed by atoms with van der Waals surface area (Å²) in [5, 5.41) is 17.4. The fourth-order valence-corrected chi connectivity index (χ4v) is 1.72. The predicted molar refractivity (Wildman–Crippen MR) is 40.7 cm³/mol. The van der Waals surface area contributed by atoms with Crippen LogP contribution in [0.3, 0.4) is 0 Å². The van der Waals surface area contributed by atoms with E-state index in [0.29, 0.717) is 12.8 Å². The van der Waals surface area contributed by atoms with Gasteiger partial charge in [0.15, 0.2) is 0 Å². The van der Waals surface area contributed by atoms with E-state index in [9.17, 15) is 9.59 Å². The van der Waals surface area contributed by atoms with Gasteiger partial charge in [-0.15, -0.1) is 0 Å². The summed E-state index contributed by atoms with van der Waals surface area (Å²) in [6, 6.07) is 0. The number of carboxylic acid groups (broad SMARTS) is 2. The minimum Gasteiger partial charge on any atom is -0.481 e. The Bertz CT molecular complexity index is 186. The Balaban J connectivity index is 0. The van der Waals surface area contributed by atoms with Crippen LogP contribution in [0, 0.1) is 11.8 Å². The zero-order valence-electron chi connectivity index (χ0n) is 7.30. The first-order valence-electron chi connectivity index (χ1n) is 4.08. The molecule has 0 aliphatic heterocycles. The summed E-state index contributed by atoms with van der Waals surface area (Å²) in [7, 11) is 0. The molecular formula is C8H12Ag2O4. The fraction of sp³-hybridized carbons (Fsp3) is 0.750. The van der Waals surface area contributed by atoms with Crippen LogP contribution in [0.4, 0.5) is 0 Å². The molecule has 0 bridgehead atoms. The molecule has 6 heteroatoms. The molecule has 1 aliphatic carbocycles. The van der Waals surface area contributed by atoms with Crippen LogP contribution in [0.25, 0.3) is 0 Å². The van der Waals surface area contributed by atoms with E-state index in [-0.39, 0.29) is 44.8 Å². The second-order valence-electron chi connectivity index (χ2n) is 3.17. The minimum atomic E-state index is -0.970. The summed E-state index contributed by atoms with van der Waals surface area (Å²) in [5.74, 6) is -3.28. The normalized spacial score (nSPS) is 25.4. The van der Waals surface area contributed by atoms with Crippen LogP contribution >= 0.6 is 0 Å². The van der Waals surface area contributed by atoms with E-state index in [4.69, 9.17) is 10.2 Å². The number of carboxylic acids is 2. The van der Waals surface area contributed by atoms with Gasteiger partial charge in [-0.3, -0.25) is 9.59 Å². The average Bonchev–Trinajstić information content (AvgIpc) is 2.04. The van der Waals surface area contributed by atoms with Gasteiger partial charge in [-0.05, 0) is 12.8 Å². The summed E-state index contributed by atoms with van der Waals surface area (Å²) in [5.41, 5.74) is 0. The molecule has 1 rings (SSSR count). The molecule has 0 aromatic rings. The molecule has 90 valence electrons. The van der Waals surface area contributed by atoms with Crippen LogP contribution < -0.4 is 0 Å². The van der Waals surface area contributed by atoms with Gasteiger partial charge in [0, 0.05) is 44.8 Å². The first-order chi connectivity index (χ1) is 5.63. The van der Waals surface area contributed by atoms with Gasteiger partial charge in [0.05, 0.1) is 11.8 Å². The molecule has 2 unspecified atom stereocenters. The molecule has 0 aromatic carbocycles. The molecule has 1 fully saturated rings.